The van der Waals surface area contributed by atoms with Crippen LogP contribution < -0.4 is 0 Å². The van der Waals surface area contributed by atoms with Crippen LogP contribution in [-0.2, 0) is 14.3 Å². The molecule has 0 aromatic rings. The quantitative estimate of drug-likeness (QED) is 0.667. The number of allylic oxidation sites excluding steroid dienone is 1. The van der Waals surface area contributed by atoms with Crippen molar-refractivity contribution in [2.24, 2.45) is 5.92 Å². The summed E-state index contributed by atoms with van der Waals surface area (Å²) in [4.78, 5) is 11.2. The number of methoxy groups -OCH3 is 1. The second kappa shape index (κ2) is 3.92. The van der Waals surface area contributed by atoms with Crippen molar-refractivity contribution in [1.29, 1.82) is 0 Å². The summed E-state index contributed by atoms with van der Waals surface area (Å²) in [7, 11) is 1.62. The van der Waals surface area contributed by atoms with Gasteiger partial charge in [-0.15, -0.1) is 0 Å². The van der Waals surface area contributed by atoms with Gasteiger partial charge in [-0.3, -0.25) is 4.79 Å². The SMILES string of the molecule is COCC1(C(C)C)CC(=O)C=CO1. The molecule has 1 unspecified atom stereocenters. The average Bonchev–Trinajstić information content (AvgIpc) is 2.04. The molecular formula is C10H16O3. The van der Waals surface area contributed by atoms with Gasteiger partial charge in [0.05, 0.1) is 19.3 Å². The zero-order valence-corrected chi connectivity index (χ0v) is 8.37. The van der Waals surface area contributed by atoms with Gasteiger partial charge in [-0.1, -0.05) is 13.8 Å². The summed E-state index contributed by atoms with van der Waals surface area (Å²) in [6.07, 6.45) is 3.36. The number of ether oxygens (including phenoxy) is 2. The van der Waals surface area contributed by atoms with Crippen molar-refractivity contribution < 1.29 is 14.3 Å². The van der Waals surface area contributed by atoms with Crippen LogP contribution in [0.4, 0.5) is 0 Å². The molecule has 0 spiro atoms. The molecule has 0 fully saturated rings. The lowest BCUT2D eigenvalue weighted by Crippen LogP contribution is -2.45. The molecule has 1 heterocycles. The van der Waals surface area contributed by atoms with E-state index in [1.165, 1.54) is 12.3 Å². The lowest BCUT2D eigenvalue weighted by Gasteiger charge is -2.37. The Labute approximate surface area is 78.7 Å². The third-order valence-electron chi connectivity index (χ3n) is 2.47. The minimum Gasteiger partial charge on any atom is -0.492 e. The first-order valence-corrected chi connectivity index (χ1v) is 4.47. The highest BCUT2D eigenvalue weighted by atomic mass is 16.5. The van der Waals surface area contributed by atoms with E-state index < -0.39 is 5.60 Å². The Morgan fingerprint density at radius 1 is 1.69 bits per heavy atom. The highest BCUT2D eigenvalue weighted by Crippen LogP contribution is 2.29. The first kappa shape index (κ1) is 10.3. The Balaban J connectivity index is 2.79. The minimum absolute atomic E-state index is 0.108. The maximum Gasteiger partial charge on any atom is 0.162 e. The van der Waals surface area contributed by atoms with Crippen molar-refractivity contribution in [3.63, 3.8) is 0 Å². The number of carbonyl (C=O) groups is 1. The molecule has 1 aliphatic rings. The Bertz CT molecular complexity index is 220. The fourth-order valence-electron chi connectivity index (χ4n) is 1.48. The van der Waals surface area contributed by atoms with Crippen molar-refractivity contribution in [1.82, 2.24) is 0 Å². The fraction of sp³-hybridized carbons (Fsp3) is 0.700. The van der Waals surface area contributed by atoms with Gasteiger partial charge in [0.1, 0.15) is 5.60 Å². The maximum atomic E-state index is 11.2. The Hall–Kier alpha value is -0.830. The summed E-state index contributed by atoms with van der Waals surface area (Å²) in [5.41, 5.74) is -0.458. The van der Waals surface area contributed by atoms with Crippen LogP contribution >= 0.6 is 0 Å². The molecule has 0 N–H and O–H groups in total. The van der Waals surface area contributed by atoms with E-state index in [9.17, 15) is 4.79 Å². The molecule has 13 heavy (non-hydrogen) atoms. The van der Waals surface area contributed by atoms with Gasteiger partial charge in [0, 0.05) is 13.2 Å². The van der Waals surface area contributed by atoms with E-state index in [1.54, 1.807) is 7.11 Å². The molecule has 1 atom stereocenters. The monoisotopic (exact) mass is 184 g/mol. The zero-order chi connectivity index (χ0) is 9.90. The fourth-order valence-corrected chi connectivity index (χ4v) is 1.48. The van der Waals surface area contributed by atoms with E-state index in [-0.39, 0.29) is 11.7 Å². The normalized spacial score (nSPS) is 27.8. The van der Waals surface area contributed by atoms with Crippen LogP contribution in [0.5, 0.6) is 0 Å². The predicted molar refractivity (Wildman–Crippen MR) is 49.3 cm³/mol. The van der Waals surface area contributed by atoms with Crippen molar-refractivity contribution in [2.75, 3.05) is 13.7 Å². The van der Waals surface area contributed by atoms with Crippen LogP contribution in [0.1, 0.15) is 20.3 Å². The largest absolute Gasteiger partial charge is 0.492 e. The molecule has 0 radical (unpaired) electrons. The summed E-state index contributed by atoms with van der Waals surface area (Å²) < 4.78 is 10.6. The molecule has 0 amide bonds. The zero-order valence-electron chi connectivity index (χ0n) is 8.37. The van der Waals surface area contributed by atoms with Gasteiger partial charge in [0.25, 0.3) is 0 Å². The Morgan fingerprint density at radius 2 is 2.38 bits per heavy atom. The molecule has 0 saturated carbocycles. The number of carbonyl (C=O) groups excluding carboxylic acids is 1. The van der Waals surface area contributed by atoms with Gasteiger partial charge in [-0.05, 0) is 5.92 Å². The highest BCUT2D eigenvalue weighted by Gasteiger charge is 2.39. The third-order valence-corrected chi connectivity index (χ3v) is 2.47. The first-order valence-electron chi connectivity index (χ1n) is 4.47. The molecule has 1 rings (SSSR count). The minimum atomic E-state index is -0.458. The van der Waals surface area contributed by atoms with Crippen LogP contribution in [0.25, 0.3) is 0 Å². The van der Waals surface area contributed by atoms with Gasteiger partial charge >= 0.3 is 0 Å². The molecule has 0 aliphatic carbocycles. The van der Waals surface area contributed by atoms with Crippen LogP contribution in [-0.4, -0.2) is 25.1 Å². The summed E-state index contributed by atoms with van der Waals surface area (Å²) in [6, 6.07) is 0. The summed E-state index contributed by atoms with van der Waals surface area (Å²) in [6.45, 7) is 4.53. The van der Waals surface area contributed by atoms with E-state index in [2.05, 4.69) is 0 Å². The molecule has 3 heteroatoms. The lowest BCUT2D eigenvalue weighted by atomic mass is 9.85. The van der Waals surface area contributed by atoms with E-state index >= 15 is 0 Å². The second-order valence-electron chi connectivity index (χ2n) is 3.72. The summed E-state index contributed by atoms with van der Waals surface area (Å²) in [5, 5.41) is 0. The molecule has 0 aromatic heterocycles. The molecule has 0 bridgehead atoms. The third kappa shape index (κ3) is 2.10. The van der Waals surface area contributed by atoms with Crippen LogP contribution in [0, 0.1) is 5.92 Å². The van der Waals surface area contributed by atoms with E-state index in [0.717, 1.165) is 0 Å². The van der Waals surface area contributed by atoms with E-state index in [4.69, 9.17) is 9.47 Å². The van der Waals surface area contributed by atoms with Crippen molar-refractivity contribution in [3.05, 3.63) is 12.3 Å². The second-order valence-corrected chi connectivity index (χ2v) is 3.72. The predicted octanol–water partition coefficient (Wildman–Crippen LogP) is 1.53. The topological polar surface area (TPSA) is 35.5 Å². The van der Waals surface area contributed by atoms with E-state index in [1.807, 2.05) is 13.8 Å². The number of hydrogen-bond donors (Lipinski definition) is 0. The van der Waals surface area contributed by atoms with Gasteiger partial charge in [-0.2, -0.15) is 0 Å². The van der Waals surface area contributed by atoms with Crippen molar-refractivity contribution in [2.45, 2.75) is 25.9 Å². The van der Waals surface area contributed by atoms with Gasteiger partial charge < -0.3 is 9.47 Å². The van der Waals surface area contributed by atoms with Crippen LogP contribution in [0.2, 0.25) is 0 Å². The molecule has 0 saturated heterocycles. The van der Waals surface area contributed by atoms with Crippen LogP contribution in [0.15, 0.2) is 12.3 Å². The molecule has 0 aromatic carbocycles. The Morgan fingerprint density at radius 3 is 2.85 bits per heavy atom. The van der Waals surface area contributed by atoms with Gasteiger partial charge in [0.15, 0.2) is 5.78 Å². The van der Waals surface area contributed by atoms with Gasteiger partial charge in [0.2, 0.25) is 0 Å². The molecular weight excluding hydrogens is 168 g/mol. The van der Waals surface area contributed by atoms with Gasteiger partial charge in [-0.25, -0.2) is 0 Å². The molecule has 3 nitrogen and oxygen atoms in total. The molecule has 1 aliphatic heterocycles. The number of rotatable bonds is 3. The van der Waals surface area contributed by atoms with Crippen molar-refractivity contribution in [3.8, 4) is 0 Å². The highest BCUT2D eigenvalue weighted by molar-refractivity contribution is 5.90. The van der Waals surface area contributed by atoms with E-state index in [0.29, 0.717) is 13.0 Å². The number of ketones is 1. The standard InChI is InChI=1S/C10H16O3/c1-8(2)10(7-12-3)6-9(11)4-5-13-10/h4-5,8H,6-7H2,1-3H3. The average molecular weight is 184 g/mol. The summed E-state index contributed by atoms with van der Waals surface area (Å²) >= 11 is 0. The first-order chi connectivity index (χ1) is 6.10. The smallest absolute Gasteiger partial charge is 0.162 e. The Kier molecular flexibility index (Phi) is 3.09. The summed E-state index contributed by atoms with van der Waals surface area (Å²) in [5.74, 6) is 0.373. The molecule has 74 valence electrons. The number of hydrogen-bond acceptors (Lipinski definition) is 3. The lowest BCUT2D eigenvalue weighted by molar-refractivity contribution is -0.131. The van der Waals surface area contributed by atoms with Crippen LogP contribution in [0.3, 0.4) is 0 Å². The van der Waals surface area contributed by atoms with Crippen molar-refractivity contribution >= 4 is 5.78 Å². The maximum absolute atomic E-state index is 11.2.